The van der Waals surface area contributed by atoms with E-state index in [-0.39, 0.29) is 6.04 Å². The van der Waals surface area contributed by atoms with Crippen LogP contribution in [0.3, 0.4) is 0 Å². The highest BCUT2D eigenvalue weighted by Gasteiger charge is 2.16. The third-order valence-electron chi connectivity index (χ3n) is 2.35. The van der Waals surface area contributed by atoms with E-state index in [1.165, 1.54) is 6.33 Å². The highest BCUT2D eigenvalue weighted by Crippen LogP contribution is 2.29. The molecule has 1 aromatic carbocycles. The summed E-state index contributed by atoms with van der Waals surface area (Å²) in [5.74, 6) is 5.59. The summed E-state index contributed by atoms with van der Waals surface area (Å²) < 4.78 is 0.925. The Hall–Kier alpha value is -1.01. The number of hydrogen-bond donors (Lipinski definition) is 2. The van der Waals surface area contributed by atoms with E-state index in [1.807, 2.05) is 18.2 Å². The molecule has 0 aliphatic rings. The maximum atomic E-state index is 5.98. The summed E-state index contributed by atoms with van der Waals surface area (Å²) in [5.41, 5.74) is 4.55. The number of hydrogen-bond acceptors (Lipinski definition) is 4. The second-order valence-electron chi connectivity index (χ2n) is 3.44. The van der Waals surface area contributed by atoms with Crippen LogP contribution in [-0.2, 0) is 0 Å². The van der Waals surface area contributed by atoms with Gasteiger partial charge in [0.05, 0.1) is 6.04 Å². The van der Waals surface area contributed by atoms with Gasteiger partial charge in [-0.3, -0.25) is 5.84 Å². The van der Waals surface area contributed by atoms with Gasteiger partial charge in [-0.05, 0) is 23.8 Å². The van der Waals surface area contributed by atoms with Gasteiger partial charge in [-0.15, -0.1) is 0 Å². The van der Waals surface area contributed by atoms with Crippen molar-refractivity contribution in [1.82, 2.24) is 15.4 Å². The zero-order valence-electron chi connectivity index (χ0n) is 8.77. The molecular formula is C11H10BrClN4. The zero-order chi connectivity index (χ0) is 12.3. The fourth-order valence-corrected chi connectivity index (χ4v) is 2.22. The summed E-state index contributed by atoms with van der Waals surface area (Å²) in [5, 5.41) is 0.653. The van der Waals surface area contributed by atoms with Gasteiger partial charge >= 0.3 is 0 Å². The van der Waals surface area contributed by atoms with Crippen LogP contribution in [0.15, 0.2) is 41.4 Å². The van der Waals surface area contributed by atoms with Crippen LogP contribution in [0.5, 0.6) is 0 Å². The van der Waals surface area contributed by atoms with Gasteiger partial charge in [0, 0.05) is 27.5 Å². The molecule has 0 spiro atoms. The third kappa shape index (κ3) is 2.81. The van der Waals surface area contributed by atoms with Gasteiger partial charge < -0.3 is 0 Å². The Morgan fingerprint density at radius 1 is 1.29 bits per heavy atom. The molecule has 0 aliphatic heterocycles. The van der Waals surface area contributed by atoms with Gasteiger partial charge in [0.1, 0.15) is 6.33 Å². The first-order valence-corrected chi connectivity index (χ1v) is 6.05. The van der Waals surface area contributed by atoms with Crippen LogP contribution in [0.25, 0.3) is 0 Å². The first-order valence-electron chi connectivity index (χ1n) is 4.88. The van der Waals surface area contributed by atoms with E-state index in [1.54, 1.807) is 12.4 Å². The number of rotatable bonds is 3. The molecule has 0 radical (unpaired) electrons. The Labute approximate surface area is 112 Å². The van der Waals surface area contributed by atoms with Crippen molar-refractivity contribution in [3.63, 3.8) is 0 Å². The van der Waals surface area contributed by atoms with Crippen LogP contribution in [-0.4, -0.2) is 9.97 Å². The highest BCUT2D eigenvalue weighted by atomic mass is 79.9. The standard InChI is InChI=1S/C11H10BrClN4/c12-10-2-1-8(13)3-9(10)11(17-14)7-4-15-6-16-5-7/h1-6,11,17H,14H2. The molecule has 1 aromatic heterocycles. The third-order valence-corrected chi connectivity index (χ3v) is 3.31. The van der Waals surface area contributed by atoms with Gasteiger partial charge in [-0.25, -0.2) is 15.4 Å². The molecule has 0 aliphatic carbocycles. The van der Waals surface area contributed by atoms with Crippen molar-refractivity contribution in [1.29, 1.82) is 0 Å². The molecule has 0 fully saturated rings. The number of nitrogens with one attached hydrogen (secondary N) is 1. The molecule has 0 saturated heterocycles. The highest BCUT2D eigenvalue weighted by molar-refractivity contribution is 9.10. The minimum absolute atomic E-state index is 0.204. The van der Waals surface area contributed by atoms with E-state index in [4.69, 9.17) is 17.4 Å². The van der Waals surface area contributed by atoms with Gasteiger partial charge in [-0.2, -0.15) is 0 Å². The molecule has 1 atom stereocenters. The predicted molar refractivity (Wildman–Crippen MR) is 70.4 cm³/mol. The molecule has 17 heavy (non-hydrogen) atoms. The zero-order valence-corrected chi connectivity index (χ0v) is 11.1. The van der Waals surface area contributed by atoms with Crippen molar-refractivity contribution < 1.29 is 0 Å². The van der Waals surface area contributed by atoms with Crippen molar-refractivity contribution in [3.8, 4) is 0 Å². The molecular weight excluding hydrogens is 304 g/mol. The number of hydrazine groups is 1. The molecule has 88 valence electrons. The van der Waals surface area contributed by atoms with Crippen LogP contribution in [0.1, 0.15) is 17.2 Å². The number of nitrogens with zero attached hydrogens (tertiary/aromatic N) is 2. The van der Waals surface area contributed by atoms with E-state index in [2.05, 4.69) is 31.3 Å². The fraction of sp³-hybridized carbons (Fsp3) is 0.0909. The summed E-state index contributed by atoms with van der Waals surface area (Å²) in [6.45, 7) is 0. The first-order chi connectivity index (χ1) is 8.22. The largest absolute Gasteiger partial charge is 0.271 e. The predicted octanol–water partition coefficient (Wildman–Crippen LogP) is 2.45. The second-order valence-corrected chi connectivity index (χ2v) is 4.73. The molecule has 0 bridgehead atoms. The van der Waals surface area contributed by atoms with Gasteiger partial charge in [0.2, 0.25) is 0 Å². The molecule has 4 nitrogen and oxygen atoms in total. The van der Waals surface area contributed by atoms with E-state index >= 15 is 0 Å². The maximum Gasteiger partial charge on any atom is 0.115 e. The molecule has 1 heterocycles. The van der Waals surface area contributed by atoms with Crippen molar-refractivity contribution in [3.05, 3.63) is 57.5 Å². The SMILES string of the molecule is NNC(c1cncnc1)c1cc(Cl)ccc1Br. The van der Waals surface area contributed by atoms with Crippen molar-refractivity contribution in [2.45, 2.75) is 6.04 Å². The number of benzene rings is 1. The van der Waals surface area contributed by atoms with Crippen LogP contribution < -0.4 is 11.3 Å². The van der Waals surface area contributed by atoms with Crippen LogP contribution in [0.4, 0.5) is 0 Å². The summed E-state index contributed by atoms with van der Waals surface area (Å²) in [6, 6.07) is 5.34. The fourth-order valence-electron chi connectivity index (χ4n) is 1.56. The number of aromatic nitrogens is 2. The van der Waals surface area contributed by atoms with Crippen LogP contribution >= 0.6 is 27.5 Å². The Morgan fingerprint density at radius 2 is 2.00 bits per heavy atom. The lowest BCUT2D eigenvalue weighted by Gasteiger charge is -2.17. The molecule has 3 N–H and O–H groups in total. The molecule has 2 aromatic rings. The molecule has 0 saturated carbocycles. The Bertz CT molecular complexity index is 506. The molecule has 2 rings (SSSR count). The Morgan fingerprint density at radius 3 is 2.65 bits per heavy atom. The Balaban J connectivity index is 2.46. The average Bonchev–Trinajstić information content (AvgIpc) is 2.36. The number of nitrogens with two attached hydrogens (primary N) is 1. The maximum absolute atomic E-state index is 5.98. The van der Waals surface area contributed by atoms with E-state index in [0.717, 1.165) is 15.6 Å². The summed E-state index contributed by atoms with van der Waals surface area (Å²) in [7, 11) is 0. The average molecular weight is 314 g/mol. The lowest BCUT2D eigenvalue weighted by molar-refractivity contribution is 0.629. The van der Waals surface area contributed by atoms with Crippen LogP contribution in [0.2, 0.25) is 5.02 Å². The topological polar surface area (TPSA) is 63.8 Å². The monoisotopic (exact) mass is 312 g/mol. The Kier molecular flexibility index (Phi) is 4.06. The summed E-state index contributed by atoms with van der Waals surface area (Å²) in [4.78, 5) is 7.95. The van der Waals surface area contributed by atoms with E-state index < -0.39 is 0 Å². The summed E-state index contributed by atoms with van der Waals surface area (Å²) >= 11 is 9.46. The lowest BCUT2D eigenvalue weighted by atomic mass is 10.0. The normalized spacial score (nSPS) is 12.4. The van der Waals surface area contributed by atoms with E-state index in [0.29, 0.717) is 5.02 Å². The molecule has 1 unspecified atom stereocenters. The number of halogens is 2. The van der Waals surface area contributed by atoms with Gasteiger partial charge in [0.25, 0.3) is 0 Å². The van der Waals surface area contributed by atoms with Gasteiger partial charge in [0.15, 0.2) is 0 Å². The quantitative estimate of drug-likeness (QED) is 0.675. The first kappa shape index (κ1) is 12.4. The lowest BCUT2D eigenvalue weighted by Crippen LogP contribution is -2.29. The smallest absolute Gasteiger partial charge is 0.115 e. The minimum Gasteiger partial charge on any atom is -0.271 e. The van der Waals surface area contributed by atoms with Crippen molar-refractivity contribution in [2.24, 2.45) is 5.84 Å². The summed E-state index contributed by atoms with van der Waals surface area (Å²) in [6.07, 6.45) is 4.90. The van der Waals surface area contributed by atoms with Gasteiger partial charge in [-0.1, -0.05) is 27.5 Å². The van der Waals surface area contributed by atoms with Crippen molar-refractivity contribution >= 4 is 27.5 Å². The second kappa shape index (κ2) is 5.55. The van der Waals surface area contributed by atoms with Crippen molar-refractivity contribution in [2.75, 3.05) is 0 Å². The van der Waals surface area contributed by atoms with E-state index in [9.17, 15) is 0 Å². The van der Waals surface area contributed by atoms with Crippen LogP contribution in [0, 0.1) is 0 Å². The molecule has 6 heteroatoms. The molecule has 0 amide bonds. The minimum atomic E-state index is -0.204.